The maximum atomic E-state index is 12.8. The molecule has 9 nitrogen and oxygen atoms in total. The molecule has 0 aromatic carbocycles. The first-order valence-electron chi connectivity index (χ1n) is 29.4. The van der Waals surface area contributed by atoms with Crippen molar-refractivity contribution in [3.8, 4) is 0 Å². The first-order chi connectivity index (χ1) is 34.6. The molecule has 0 saturated carbocycles. The van der Waals surface area contributed by atoms with E-state index in [2.05, 4.69) is 74.6 Å². The fourth-order valence-electron chi connectivity index (χ4n) is 8.16. The molecule has 2 atom stereocenters. The molecule has 0 aromatic heterocycles. The van der Waals surface area contributed by atoms with Crippen LogP contribution in [0.5, 0.6) is 0 Å². The Kier molecular flexibility index (Phi) is 51.0. The van der Waals surface area contributed by atoms with Gasteiger partial charge in [-0.15, -0.1) is 0 Å². The van der Waals surface area contributed by atoms with Gasteiger partial charge in [-0.2, -0.15) is 0 Å². The summed E-state index contributed by atoms with van der Waals surface area (Å²) in [6, 6.07) is 0. The molecule has 0 fully saturated rings. The Morgan fingerprint density at radius 2 is 0.761 bits per heavy atom. The van der Waals surface area contributed by atoms with Gasteiger partial charge in [0.25, 0.3) is 0 Å². The van der Waals surface area contributed by atoms with Gasteiger partial charge in [-0.05, 0) is 83.5 Å². The second kappa shape index (κ2) is 53.3. The molecule has 9 heteroatoms. The van der Waals surface area contributed by atoms with Gasteiger partial charge in [0.15, 0.2) is 12.4 Å². The van der Waals surface area contributed by atoms with Crippen molar-refractivity contribution >= 4 is 17.9 Å². The molecule has 0 saturated heterocycles. The van der Waals surface area contributed by atoms with Gasteiger partial charge < -0.3 is 33.3 Å². The van der Waals surface area contributed by atoms with Crippen LogP contribution in [0.3, 0.4) is 0 Å². The van der Waals surface area contributed by atoms with E-state index in [1.54, 1.807) is 0 Å². The van der Waals surface area contributed by atoms with E-state index in [-0.39, 0.29) is 38.6 Å². The van der Waals surface area contributed by atoms with E-state index in [0.717, 1.165) is 77.0 Å². The molecule has 0 spiro atoms. The number of carboxylic acids is 1. The summed E-state index contributed by atoms with van der Waals surface area (Å²) in [5.41, 5.74) is 0. The predicted molar refractivity (Wildman–Crippen MR) is 297 cm³/mol. The highest BCUT2D eigenvalue weighted by Gasteiger charge is 2.22. The van der Waals surface area contributed by atoms with Crippen LogP contribution in [-0.2, 0) is 33.3 Å². The van der Waals surface area contributed by atoms with E-state index in [1.165, 1.54) is 148 Å². The average Bonchev–Trinajstić information content (AvgIpc) is 3.34. The minimum Gasteiger partial charge on any atom is -0.545 e. The summed E-state index contributed by atoms with van der Waals surface area (Å²) >= 11 is 0. The predicted octanol–water partition coefficient (Wildman–Crippen LogP) is 15.9. The van der Waals surface area contributed by atoms with E-state index in [0.29, 0.717) is 17.4 Å². The average molecular weight is 999 g/mol. The van der Waals surface area contributed by atoms with E-state index in [9.17, 15) is 19.5 Å². The number of carboxylic acid groups (broad SMARTS) is 1. The largest absolute Gasteiger partial charge is 0.545 e. The molecule has 0 amide bonds. The highest BCUT2D eigenvalue weighted by atomic mass is 16.7. The molecule has 0 aliphatic rings. The van der Waals surface area contributed by atoms with Crippen molar-refractivity contribution in [3.05, 3.63) is 60.8 Å². The normalized spacial score (nSPS) is 13.2. The molecule has 0 aliphatic carbocycles. The van der Waals surface area contributed by atoms with Crippen molar-refractivity contribution in [1.82, 2.24) is 0 Å². The summed E-state index contributed by atoms with van der Waals surface area (Å²) in [5.74, 6) is -2.29. The lowest BCUT2D eigenvalue weighted by Gasteiger charge is -2.26. The van der Waals surface area contributed by atoms with Gasteiger partial charge in [0.1, 0.15) is 13.2 Å². The van der Waals surface area contributed by atoms with Crippen LogP contribution >= 0.6 is 0 Å². The van der Waals surface area contributed by atoms with Crippen LogP contribution < -0.4 is 5.11 Å². The third-order valence-corrected chi connectivity index (χ3v) is 12.7. The zero-order valence-electron chi connectivity index (χ0n) is 46.8. The number of carbonyl (C=O) groups is 3. The number of hydrogen-bond donors (Lipinski definition) is 0. The van der Waals surface area contributed by atoms with Crippen LogP contribution in [0.1, 0.15) is 258 Å². The highest BCUT2D eigenvalue weighted by molar-refractivity contribution is 5.70. The van der Waals surface area contributed by atoms with E-state index >= 15 is 0 Å². The molecule has 0 aromatic rings. The summed E-state index contributed by atoms with van der Waals surface area (Å²) in [6.45, 7) is 4.71. The Hall–Kier alpha value is -3.01. The fraction of sp³-hybridized carbons (Fsp3) is 0.790. The smallest absolute Gasteiger partial charge is 0.306 e. The van der Waals surface area contributed by atoms with Gasteiger partial charge in [-0.25, -0.2) is 0 Å². The Morgan fingerprint density at radius 3 is 1.15 bits per heavy atom. The lowest BCUT2D eigenvalue weighted by atomic mass is 10.0. The lowest BCUT2D eigenvalue weighted by Crippen LogP contribution is -2.44. The Balaban J connectivity index is 4.22. The molecule has 0 aliphatic heterocycles. The highest BCUT2D eigenvalue weighted by Crippen LogP contribution is 2.16. The second-order valence-electron chi connectivity index (χ2n) is 20.9. The summed E-state index contributed by atoms with van der Waals surface area (Å²) in [7, 11) is 5.92. The minimum atomic E-state index is -1.63. The zero-order valence-corrected chi connectivity index (χ0v) is 46.8. The molecule has 0 rings (SSSR count). The summed E-state index contributed by atoms with van der Waals surface area (Å²) in [5, 5.41) is 11.8. The molecule has 2 unspecified atom stereocenters. The van der Waals surface area contributed by atoms with Gasteiger partial charge in [0.05, 0.1) is 40.3 Å². The van der Waals surface area contributed by atoms with Crippen molar-refractivity contribution in [2.45, 2.75) is 270 Å². The number of esters is 2. The van der Waals surface area contributed by atoms with Crippen molar-refractivity contribution in [2.75, 3.05) is 47.5 Å². The first-order valence-corrected chi connectivity index (χ1v) is 29.4. The molecule has 0 N–H and O–H groups in total. The Bertz CT molecular complexity index is 1350. The first kappa shape index (κ1) is 68.0. The fourth-order valence-corrected chi connectivity index (χ4v) is 8.16. The second-order valence-corrected chi connectivity index (χ2v) is 20.9. The van der Waals surface area contributed by atoms with Gasteiger partial charge in [0.2, 0.25) is 0 Å². The molecular formula is C62H111NO8. The number of allylic oxidation sites excluding steroid dienone is 10. The SMILES string of the molecule is CCCCC/C=C\C/C=C\C/C=C\CCCCCCCCC(=O)OC(COC(=O)CCCCCCCCCCCCCCCCC/C=C\C/C=C\CCCCCCC)COC(OCC[N+](C)(C)C)C(=O)[O-]. The number of aliphatic carboxylic acids is 1. The monoisotopic (exact) mass is 998 g/mol. The van der Waals surface area contributed by atoms with Crippen LogP contribution in [0.2, 0.25) is 0 Å². The van der Waals surface area contributed by atoms with Crippen LogP contribution in [0, 0.1) is 0 Å². The quantitative estimate of drug-likeness (QED) is 0.0195. The van der Waals surface area contributed by atoms with Crippen LogP contribution in [-0.4, -0.2) is 82.3 Å². The molecular weight excluding hydrogens is 887 g/mol. The van der Waals surface area contributed by atoms with Crippen LogP contribution in [0.25, 0.3) is 0 Å². The van der Waals surface area contributed by atoms with E-state index < -0.39 is 24.3 Å². The van der Waals surface area contributed by atoms with Crippen molar-refractivity contribution in [3.63, 3.8) is 0 Å². The number of ether oxygens (including phenoxy) is 4. The van der Waals surface area contributed by atoms with Crippen LogP contribution in [0.4, 0.5) is 0 Å². The van der Waals surface area contributed by atoms with Crippen molar-refractivity contribution < 1.29 is 42.9 Å². The number of carbonyl (C=O) groups excluding carboxylic acids is 3. The summed E-state index contributed by atoms with van der Waals surface area (Å²) in [6.07, 6.45) is 64.1. The van der Waals surface area contributed by atoms with Crippen molar-refractivity contribution in [1.29, 1.82) is 0 Å². The van der Waals surface area contributed by atoms with Gasteiger partial charge in [-0.3, -0.25) is 9.59 Å². The number of likely N-dealkylation sites (N-methyl/N-ethyl adjacent to an activating group) is 1. The number of rotatable bonds is 54. The molecule has 412 valence electrons. The Morgan fingerprint density at radius 1 is 0.423 bits per heavy atom. The number of nitrogens with zero attached hydrogens (tertiary/aromatic N) is 1. The van der Waals surface area contributed by atoms with E-state index in [1.807, 2.05) is 21.1 Å². The zero-order chi connectivity index (χ0) is 52.0. The molecule has 0 heterocycles. The maximum absolute atomic E-state index is 12.8. The van der Waals surface area contributed by atoms with E-state index in [4.69, 9.17) is 18.9 Å². The molecule has 71 heavy (non-hydrogen) atoms. The van der Waals surface area contributed by atoms with Gasteiger partial charge in [-0.1, -0.05) is 222 Å². The number of quaternary nitrogens is 1. The number of hydrogen-bond acceptors (Lipinski definition) is 8. The summed E-state index contributed by atoms with van der Waals surface area (Å²) in [4.78, 5) is 37.3. The summed E-state index contributed by atoms with van der Waals surface area (Å²) < 4.78 is 22.7. The third-order valence-electron chi connectivity index (χ3n) is 12.7. The minimum absolute atomic E-state index is 0.144. The van der Waals surface area contributed by atoms with Gasteiger partial charge in [0, 0.05) is 12.8 Å². The Labute approximate surface area is 437 Å². The van der Waals surface area contributed by atoms with Crippen LogP contribution in [0.15, 0.2) is 60.8 Å². The molecule has 0 radical (unpaired) electrons. The number of unbranched alkanes of at least 4 members (excludes halogenated alkanes) is 29. The standard InChI is InChI=1S/C62H111NO8/c1-6-8-10-12-14-16-18-20-22-24-26-27-28-29-30-31-32-33-35-36-38-40-42-44-46-48-50-52-59(64)69-56-58(57-70-62(61(66)67)68-55-54-63(3,4)5)71-60(65)53-51-49-47-45-43-41-39-37-34-25-23-21-19-17-15-13-11-9-7-2/h15,17-18,20-21,23-24,26,34,37,58,62H,6-14,16,19,22,25,27-33,35-36,38-57H2,1-5H3/b17-15-,20-18-,23-21-,26-24-,37-34-. The van der Waals surface area contributed by atoms with Crippen molar-refractivity contribution in [2.24, 2.45) is 0 Å². The third kappa shape index (κ3) is 54.6. The molecule has 0 bridgehead atoms. The van der Waals surface area contributed by atoms with Gasteiger partial charge >= 0.3 is 11.9 Å². The lowest BCUT2D eigenvalue weighted by molar-refractivity contribution is -0.870. The maximum Gasteiger partial charge on any atom is 0.306 e. The topological polar surface area (TPSA) is 111 Å².